The van der Waals surface area contributed by atoms with Gasteiger partial charge in [0.1, 0.15) is 23.1 Å². The molecule has 1 N–H and O–H groups in total. The Bertz CT molecular complexity index is 1140. The largest absolute Gasteiger partial charge is 0.497 e. The smallest absolute Gasteiger partial charge is 0.246 e. The number of hydrogen-bond acceptors (Lipinski definition) is 6. The summed E-state index contributed by atoms with van der Waals surface area (Å²) in [6.07, 6.45) is 1.51. The van der Waals surface area contributed by atoms with Gasteiger partial charge in [0.25, 0.3) is 0 Å². The van der Waals surface area contributed by atoms with Crippen LogP contribution in [0, 0.1) is 11.6 Å². The Labute approximate surface area is 191 Å². The Morgan fingerprint density at radius 1 is 1.00 bits per heavy atom. The minimum absolute atomic E-state index is 0.0911. The Morgan fingerprint density at radius 2 is 1.67 bits per heavy atom. The highest BCUT2D eigenvalue weighted by Gasteiger charge is 2.30. The van der Waals surface area contributed by atoms with E-state index in [1.54, 1.807) is 19.2 Å². The average molecular weight is 478 g/mol. The summed E-state index contributed by atoms with van der Waals surface area (Å²) in [6, 6.07) is 13.8. The van der Waals surface area contributed by atoms with Crippen molar-refractivity contribution in [2.45, 2.75) is 10.9 Å². The monoisotopic (exact) mass is 477 g/mol. The number of sulfonamides is 1. The number of nitrogens with one attached hydrogen (secondary N) is 1. The molecule has 176 valence electrons. The van der Waals surface area contributed by atoms with Gasteiger partial charge in [0.05, 0.1) is 19.4 Å². The highest BCUT2D eigenvalue weighted by atomic mass is 32.2. The molecule has 0 bridgehead atoms. The lowest BCUT2D eigenvalue weighted by atomic mass is 10.1. The minimum atomic E-state index is -4.40. The van der Waals surface area contributed by atoms with E-state index >= 15 is 0 Å². The number of anilines is 1. The van der Waals surface area contributed by atoms with E-state index in [2.05, 4.69) is 14.5 Å². The van der Waals surface area contributed by atoms with E-state index in [-0.39, 0.29) is 6.54 Å². The van der Waals surface area contributed by atoms with Crippen LogP contribution in [0.5, 0.6) is 5.75 Å². The van der Waals surface area contributed by atoms with E-state index in [9.17, 15) is 17.2 Å². The van der Waals surface area contributed by atoms with E-state index in [4.69, 9.17) is 9.15 Å². The molecule has 1 aromatic heterocycles. The van der Waals surface area contributed by atoms with Crippen molar-refractivity contribution in [3.8, 4) is 5.75 Å². The van der Waals surface area contributed by atoms with Crippen LogP contribution in [0.15, 0.2) is 70.2 Å². The molecule has 1 saturated heterocycles. The summed E-state index contributed by atoms with van der Waals surface area (Å²) in [6.45, 7) is 2.64. The first kappa shape index (κ1) is 23.2. The number of hydrogen-bond donors (Lipinski definition) is 1. The van der Waals surface area contributed by atoms with Gasteiger partial charge in [0.2, 0.25) is 10.0 Å². The van der Waals surface area contributed by atoms with Crippen molar-refractivity contribution in [3.05, 3.63) is 78.3 Å². The molecule has 0 spiro atoms. The fourth-order valence-electron chi connectivity index (χ4n) is 3.98. The third-order valence-electron chi connectivity index (χ3n) is 5.72. The summed E-state index contributed by atoms with van der Waals surface area (Å²) in [4.78, 5) is 3.35. The van der Waals surface area contributed by atoms with Crippen molar-refractivity contribution in [2.75, 3.05) is 44.7 Å². The van der Waals surface area contributed by atoms with Crippen molar-refractivity contribution in [1.82, 2.24) is 9.62 Å². The molecule has 1 unspecified atom stereocenters. The molecule has 1 atom stereocenters. The average Bonchev–Trinajstić information content (AvgIpc) is 3.34. The van der Waals surface area contributed by atoms with E-state index in [0.717, 1.165) is 42.7 Å². The van der Waals surface area contributed by atoms with Crippen molar-refractivity contribution in [2.24, 2.45) is 0 Å². The molecule has 1 aliphatic rings. The fraction of sp³-hybridized carbons (Fsp3) is 0.304. The number of ether oxygens (including phenoxy) is 1. The molecule has 1 aliphatic heterocycles. The van der Waals surface area contributed by atoms with Crippen molar-refractivity contribution in [3.63, 3.8) is 0 Å². The van der Waals surface area contributed by atoms with Crippen LogP contribution in [-0.4, -0.2) is 53.2 Å². The van der Waals surface area contributed by atoms with Gasteiger partial charge in [0, 0.05) is 38.4 Å². The molecule has 7 nitrogen and oxygen atoms in total. The van der Waals surface area contributed by atoms with Crippen LogP contribution in [0.25, 0.3) is 0 Å². The van der Waals surface area contributed by atoms with Crippen LogP contribution >= 0.6 is 0 Å². The standard InChI is InChI=1S/C23H25F2N3O4S/c1-31-18-9-7-17(8-10-18)27-11-13-28(14-12-27)21(22-6-3-15-32-22)16-26-33(29,30)23-19(24)4-2-5-20(23)25/h2-10,15,21,26H,11-14,16H2,1H3. The zero-order valence-corrected chi connectivity index (χ0v) is 18.9. The van der Waals surface area contributed by atoms with Crippen LogP contribution in [0.1, 0.15) is 11.8 Å². The van der Waals surface area contributed by atoms with Crippen LogP contribution in [0.3, 0.4) is 0 Å². The fourth-order valence-corrected chi connectivity index (χ4v) is 5.15. The number of methoxy groups -OCH3 is 1. The predicted molar refractivity (Wildman–Crippen MR) is 120 cm³/mol. The van der Waals surface area contributed by atoms with Crippen LogP contribution in [-0.2, 0) is 10.0 Å². The van der Waals surface area contributed by atoms with Gasteiger partial charge in [-0.2, -0.15) is 0 Å². The molecule has 4 rings (SSSR count). The lowest BCUT2D eigenvalue weighted by Crippen LogP contribution is -2.49. The van der Waals surface area contributed by atoms with Gasteiger partial charge in [-0.1, -0.05) is 6.07 Å². The summed E-state index contributed by atoms with van der Waals surface area (Å²) < 4.78 is 66.5. The first-order valence-electron chi connectivity index (χ1n) is 10.5. The number of rotatable bonds is 8. The maximum atomic E-state index is 14.0. The number of benzene rings is 2. The molecule has 0 amide bonds. The summed E-state index contributed by atoms with van der Waals surface area (Å²) in [5, 5.41) is 0. The van der Waals surface area contributed by atoms with Crippen LogP contribution in [0.4, 0.5) is 14.5 Å². The normalized spacial score (nSPS) is 16.0. The van der Waals surface area contributed by atoms with Gasteiger partial charge in [-0.15, -0.1) is 0 Å². The number of halogens is 2. The number of furan rings is 1. The van der Waals surface area contributed by atoms with Gasteiger partial charge < -0.3 is 14.1 Å². The Hall–Kier alpha value is -2.95. The molecule has 1 fully saturated rings. The van der Waals surface area contributed by atoms with Crippen LogP contribution in [0.2, 0.25) is 0 Å². The predicted octanol–water partition coefficient (Wildman–Crippen LogP) is 3.41. The van der Waals surface area contributed by atoms with Gasteiger partial charge in [-0.05, 0) is 48.5 Å². The summed E-state index contributed by atoms with van der Waals surface area (Å²) in [5.74, 6) is -0.909. The van der Waals surface area contributed by atoms with Gasteiger partial charge in [-0.25, -0.2) is 21.9 Å². The molecule has 2 heterocycles. The lowest BCUT2D eigenvalue weighted by molar-refractivity contribution is 0.166. The zero-order valence-electron chi connectivity index (χ0n) is 18.1. The number of piperazine rings is 1. The quantitative estimate of drug-likeness (QED) is 0.536. The molecular formula is C23H25F2N3O4S. The first-order chi connectivity index (χ1) is 15.9. The van der Waals surface area contributed by atoms with E-state index in [0.29, 0.717) is 18.8 Å². The Balaban J connectivity index is 1.46. The molecular weight excluding hydrogens is 452 g/mol. The number of nitrogens with zero attached hydrogens (tertiary/aromatic N) is 2. The van der Waals surface area contributed by atoms with Crippen molar-refractivity contribution >= 4 is 15.7 Å². The Kier molecular flexibility index (Phi) is 6.96. The highest BCUT2D eigenvalue weighted by molar-refractivity contribution is 7.89. The SMILES string of the molecule is COc1ccc(N2CCN(C(CNS(=O)(=O)c3c(F)cccc3F)c3ccco3)CC2)cc1. The summed E-state index contributed by atoms with van der Waals surface area (Å²) in [5.41, 5.74) is 1.07. The summed E-state index contributed by atoms with van der Waals surface area (Å²) in [7, 11) is -2.78. The second-order valence-electron chi connectivity index (χ2n) is 7.65. The maximum absolute atomic E-state index is 14.0. The van der Waals surface area contributed by atoms with Crippen molar-refractivity contribution < 1.29 is 26.4 Å². The maximum Gasteiger partial charge on any atom is 0.246 e. The second-order valence-corrected chi connectivity index (χ2v) is 9.36. The summed E-state index contributed by atoms with van der Waals surface area (Å²) >= 11 is 0. The molecule has 3 aromatic rings. The first-order valence-corrected chi connectivity index (χ1v) is 12.0. The van der Waals surface area contributed by atoms with E-state index in [1.807, 2.05) is 24.3 Å². The van der Waals surface area contributed by atoms with E-state index in [1.165, 1.54) is 6.26 Å². The topological polar surface area (TPSA) is 75.0 Å². The molecule has 0 aliphatic carbocycles. The third kappa shape index (κ3) is 5.18. The molecule has 33 heavy (non-hydrogen) atoms. The van der Waals surface area contributed by atoms with Crippen molar-refractivity contribution in [1.29, 1.82) is 0 Å². The molecule has 0 saturated carbocycles. The lowest BCUT2D eigenvalue weighted by Gasteiger charge is -2.39. The highest BCUT2D eigenvalue weighted by Crippen LogP contribution is 2.26. The van der Waals surface area contributed by atoms with E-state index < -0.39 is 32.6 Å². The third-order valence-corrected chi connectivity index (χ3v) is 7.19. The van der Waals surface area contributed by atoms with Gasteiger partial charge in [-0.3, -0.25) is 4.90 Å². The van der Waals surface area contributed by atoms with Gasteiger partial charge in [0.15, 0.2) is 4.90 Å². The Morgan fingerprint density at radius 3 is 2.24 bits per heavy atom. The second kappa shape index (κ2) is 9.90. The molecule has 2 aromatic carbocycles. The van der Waals surface area contributed by atoms with Crippen LogP contribution < -0.4 is 14.4 Å². The molecule has 0 radical (unpaired) electrons. The molecule has 10 heteroatoms. The minimum Gasteiger partial charge on any atom is -0.497 e. The zero-order chi connectivity index (χ0) is 23.4. The van der Waals surface area contributed by atoms with Gasteiger partial charge >= 0.3 is 0 Å².